The van der Waals surface area contributed by atoms with E-state index in [-0.39, 0.29) is 0 Å². The van der Waals surface area contributed by atoms with Gasteiger partial charge in [-0.3, -0.25) is 0 Å². The van der Waals surface area contributed by atoms with E-state index in [1.165, 1.54) is 26.8 Å². The van der Waals surface area contributed by atoms with Gasteiger partial charge in [0.2, 0.25) is 0 Å². The lowest BCUT2D eigenvalue weighted by Crippen LogP contribution is -2.16. The molecular weight excluding hydrogens is 360 g/mol. The zero-order chi connectivity index (χ0) is 17.8. The number of nitrogens with zero attached hydrogens (tertiary/aromatic N) is 1. The lowest BCUT2D eigenvalue weighted by Gasteiger charge is -2.04. The number of hydrogen-bond acceptors (Lipinski definition) is 3. The number of aromatic nitrogens is 1. The molecule has 130 valence electrons. The fourth-order valence-electron chi connectivity index (χ4n) is 3.08. The van der Waals surface area contributed by atoms with Gasteiger partial charge < -0.3 is 5.32 Å². The molecule has 4 aromatic rings. The van der Waals surface area contributed by atoms with E-state index in [9.17, 15) is 0 Å². The zero-order valence-corrected chi connectivity index (χ0v) is 15.9. The van der Waals surface area contributed by atoms with Gasteiger partial charge in [-0.15, -0.1) is 11.3 Å². The smallest absolute Gasteiger partial charge is 0.107 e. The predicted octanol–water partition coefficient (Wildman–Crippen LogP) is 5.95. The van der Waals surface area contributed by atoms with Crippen LogP contribution < -0.4 is 5.32 Å². The quantitative estimate of drug-likeness (QED) is 0.419. The van der Waals surface area contributed by atoms with Gasteiger partial charge in [-0.05, 0) is 41.4 Å². The van der Waals surface area contributed by atoms with Crippen LogP contribution in [0.15, 0.2) is 72.9 Å². The van der Waals surface area contributed by atoms with Crippen LogP contribution in [0.5, 0.6) is 0 Å². The Morgan fingerprint density at radius 1 is 0.962 bits per heavy atom. The van der Waals surface area contributed by atoms with Crippen LogP contribution in [0, 0.1) is 0 Å². The molecule has 0 fully saturated rings. The molecule has 0 aliphatic rings. The third-order valence-electron chi connectivity index (χ3n) is 4.36. The van der Waals surface area contributed by atoms with Crippen LogP contribution in [0.25, 0.3) is 21.2 Å². The zero-order valence-electron chi connectivity index (χ0n) is 14.3. The number of halogens is 1. The molecule has 0 spiro atoms. The Balaban J connectivity index is 1.40. The summed E-state index contributed by atoms with van der Waals surface area (Å²) < 4.78 is 0. The van der Waals surface area contributed by atoms with E-state index in [0.717, 1.165) is 29.5 Å². The predicted molar refractivity (Wildman–Crippen MR) is 112 cm³/mol. The van der Waals surface area contributed by atoms with Crippen LogP contribution in [-0.2, 0) is 13.0 Å². The molecule has 1 N–H and O–H groups in total. The van der Waals surface area contributed by atoms with Crippen molar-refractivity contribution in [2.45, 2.75) is 13.0 Å². The highest BCUT2D eigenvalue weighted by molar-refractivity contribution is 7.15. The average Bonchev–Trinajstić information content (AvgIpc) is 3.14. The van der Waals surface area contributed by atoms with Crippen molar-refractivity contribution in [2.75, 3.05) is 6.54 Å². The van der Waals surface area contributed by atoms with Gasteiger partial charge in [-0.1, -0.05) is 66.2 Å². The molecule has 0 aliphatic heterocycles. The first-order chi connectivity index (χ1) is 12.8. The fourth-order valence-corrected chi connectivity index (χ4v) is 4.22. The van der Waals surface area contributed by atoms with Crippen molar-refractivity contribution in [2.24, 2.45) is 0 Å². The van der Waals surface area contributed by atoms with Gasteiger partial charge in [0.05, 0.1) is 4.88 Å². The van der Waals surface area contributed by atoms with Gasteiger partial charge in [0, 0.05) is 23.3 Å². The highest BCUT2D eigenvalue weighted by Gasteiger charge is 2.07. The summed E-state index contributed by atoms with van der Waals surface area (Å²) in [7, 11) is 0. The summed E-state index contributed by atoms with van der Waals surface area (Å²) in [5, 5.41) is 7.92. The van der Waals surface area contributed by atoms with Crippen molar-refractivity contribution in [3.63, 3.8) is 0 Å². The van der Waals surface area contributed by atoms with Gasteiger partial charge in [-0.25, -0.2) is 4.98 Å². The second-order valence-corrected chi connectivity index (χ2v) is 7.75. The minimum atomic E-state index is 0.788. The molecule has 0 unspecified atom stereocenters. The number of nitrogens with one attached hydrogen (secondary N) is 1. The van der Waals surface area contributed by atoms with Crippen LogP contribution in [0.2, 0.25) is 5.02 Å². The highest BCUT2D eigenvalue weighted by atomic mass is 35.5. The first kappa shape index (κ1) is 17.2. The number of fused-ring (bicyclic) bond motifs is 1. The fraction of sp³-hybridized carbons (Fsp3) is 0.136. The minimum absolute atomic E-state index is 0.788. The summed E-state index contributed by atoms with van der Waals surface area (Å²) in [6.07, 6.45) is 2.95. The molecule has 4 heteroatoms. The third-order valence-corrected chi connectivity index (χ3v) is 5.63. The molecule has 1 heterocycles. The maximum atomic E-state index is 6.03. The maximum Gasteiger partial charge on any atom is 0.107 e. The molecule has 0 saturated heterocycles. The van der Waals surface area contributed by atoms with Crippen LogP contribution in [0.4, 0.5) is 0 Å². The molecule has 3 aromatic carbocycles. The average molecular weight is 379 g/mol. The van der Waals surface area contributed by atoms with Gasteiger partial charge in [-0.2, -0.15) is 0 Å². The van der Waals surface area contributed by atoms with Crippen molar-refractivity contribution >= 4 is 33.7 Å². The summed E-state index contributed by atoms with van der Waals surface area (Å²) >= 11 is 7.78. The topological polar surface area (TPSA) is 24.9 Å². The summed E-state index contributed by atoms with van der Waals surface area (Å²) in [6.45, 7) is 1.69. The summed E-state index contributed by atoms with van der Waals surface area (Å²) in [6, 6.07) is 23.0. The lowest BCUT2D eigenvalue weighted by molar-refractivity contribution is 0.684. The second-order valence-electron chi connectivity index (χ2n) is 6.20. The monoisotopic (exact) mass is 378 g/mol. The van der Waals surface area contributed by atoms with E-state index in [1.807, 2.05) is 24.4 Å². The Hall–Kier alpha value is -2.20. The molecule has 0 bridgehead atoms. The van der Waals surface area contributed by atoms with Crippen LogP contribution in [-0.4, -0.2) is 11.5 Å². The molecule has 0 atom stereocenters. The van der Waals surface area contributed by atoms with Gasteiger partial charge in [0.15, 0.2) is 0 Å². The molecule has 2 nitrogen and oxygen atoms in total. The Morgan fingerprint density at radius 2 is 1.81 bits per heavy atom. The Labute approximate surface area is 162 Å². The van der Waals surface area contributed by atoms with Crippen molar-refractivity contribution in [3.05, 3.63) is 88.5 Å². The van der Waals surface area contributed by atoms with Gasteiger partial charge >= 0.3 is 0 Å². The van der Waals surface area contributed by atoms with E-state index in [0.29, 0.717) is 0 Å². The molecule has 0 saturated carbocycles. The third kappa shape index (κ3) is 3.96. The molecule has 26 heavy (non-hydrogen) atoms. The molecule has 0 aliphatic carbocycles. The molecule has 0 amide bonds. The van der Waals surface area contributed by atoms with Crippen molar-refractivity contribution < 1.29 is 0 Å². The highest BCUT2D eigenvalue weighted by Crippen LogP contribution is 2.32. The molecular formula is C22H19ClN2S. The van der Waals surface area contributed by atoms with Crippen LogP contribution in [0.1, 0.15) is 10.6 Å². The number of thiazole rings is 1. The summed E-state index contributed by atoms with van der Waals surface area (Å²) in [5.41, 5.74) is 2.51. The first-order valence-electron chi connectivity index (χ1n) is 8.67. The van der Waals surface area contributed by atoms with E-state index >= 15 is 0 Å². The van der Waals surface area contributed by atoms with Gasteiger partial charge in [0.25, 0.3) is 0 Å². The molecule has 0 radical (unpaired) electrons. The number of benzene rings is 3. The second kappa shape index (κ2) is 8.00. The maximum absolute atomic E-state index is 6.03. The Morgan fingerprint density at radius 3 is 2.73 bits per heavy atom. The van der Waals surface area contributed by atoms with E-state index < -0.39 is 0 Å². The van der Waals surface area contributed by atoms with Crippen molar-refractivity contribution in [3.8, 4) is 10.4 Å². The lowest BCUT2D eigenvalue weighted by atomic mass is 10.0. The van der Waals surface area contributed by atoms with Gasteiger partial charge in [0.1, 0.15) is 5.01 Å². The standard InChI is InChI=1S/C22H19ClN2S/c23-18-8-3-5-16(13-18)11-12-24-15-22-25-14-21(26-22)20-10-4-7-17-6-1-2-9-19(17)20/h1-10,13-14,24H,11-12,15H2. The van der Waals surface area contributed by atoms with E-state index in [1.54, 1.807) is 11.3 Å². The largest absolute Gasteiger partial charge is 0.310 e. The number of hydrogen-bond donors (Lipinski definition) is 1. The Bertz CT molecular complexity index is 1020. The SMILES string of the molecule is Clc1cccc(CCNCc2ncc(-c3cccc4ccccc34)s2)c1. The minimum Gasteiger partial charge on any atom is -0.310 e. The number of rotatable bonds is 6. The van der Waals surface area contributed by atoms with Crippen LogP contribution in [0.3, 0.4) is 0 Å². The van der Waals surface area contributed by atoms with E-state index in [2.05, 4.69) is 58.8 Å². The Kier molecular flexibility index (Phi) is 5.30. The normalized spacial score (nSPS) is 11.1. The summed E-state index contributed by atoms with van der Waals surface area (Å²) in [5.74, 6) is 0. The first-order valence-corrected chi connectivity index (χ1v) is 9.87. The van der Waals surface area contributed by atoms with Crippen LogP contribution >= 0.6 is 22.9 Å². The summed E-state index contributed by atoms with van der Waals surface area (Å²) in [4.78, 5) is 5.81. The molecule has 1 aromatic heterocycles. The molecule has 4 rings (SSSR count). The van der Waals surface area contributed by atoms with Crippen molar-refractivity contribution in [1.82, 2.24) is 10.3 Å². The van der Waals surface area contributed by atoms with E-state index in [4.69, 9.17) is 11.6 Å². The van der Waals surface area contributed by atoms with Crippen molar-refractivity contribution in [1.29, 1.82) is 0 Å².